The van der Waals surface area contributed by atoms with Crippen LogP contribution in [0.25, 0.3) is 10.9 Å². The van der Waals surface area contributed by atoms with E-state index in [9.17, 15) is 4.79 Å². The summed E-state index contributed by atoms with van der Waals surface area (Å²) in [5.41, 5.74) is 1.21. The number of hydrogen-bond donors (Lipinski definition) is 1. The van der Waals surface area contributed by atoms with Gasteiger partial charge >= 0.3 is 0 Å². The van der Waals surface area contributed by atoms with Crippen LogP contribution in [-0.4, -0.2) is 69.6 Å². The van der Waals surface area contributed by atoms with E-state index in [1.165, 1.54) is 19.3 Å². The second kappa shape index (κ2) is 8.75. The maximum atomic E-state index is 13.4. The number of nitrogens with one attached hydrogen (secondary N) is 1. The SMILES string of the molecule is O=c1[nH]c2cc3c(cc2cc1[C@H](c1nnnn1C1CCCCC1)N1CCOCC1)OCCO3. The topological polar surface area (TPSA) is 107 Å². The Morgan fingerprint density at radius 3 is 2.52 bits per heavy atom. The van der Waals surface area contributed by atoms with Gasteiger partial charge in [0.1, 0.15) is 19.3 Å². The number of pyridine rings is 1. The maximum absolute atomic E-state index is 13.4. The smallest absolute Gasteiger partial charge is 0.253 e. The van der Waals surface area contributed by atoms with Crippen LogP contribution in [0.3, 0.4) is 0 Å². The van der Waals surface area contributed by atoms with Crippen LogP contribution in [0.5, 0.6) is 11.5 Å². The predicted octanol–water partition coefficient (Wildman–Crippen LogP) is 2.21. The number of H-pyrrole nitrogens is 1. The van der Waals surface area contributed by atoms with Gasteiger partial charge in [0, 0.05) is 30.1 Å². The van der Waals surface area contributed by atoms with Gasteiger partial charge < -0.3 is 19.2 Å². The van der Waals surface area contributed by atoms with Crippen LogP contribution in [0.2, 0.25) is 0 Å². The summed E-state index contributed by atoms with van der Waals surface area (Å²) >= 11 is 0. The van der Waals surface area contributed by atoms with Gasteiger partial charge in [0.2, 0.25) is 0 Å². The number of fused-ring (bicyclic) bond motifs is 2. The predicted molar refractivity (Wildman–Crippen MR) is 120 cm³/mol. The summed E-state index contributed by atoms with van der Waals surface area (Å²) in [5, 5.41) is 13.8. The molecule has 1 aliphatic carbocycles. The van der Waals surface area contributed by atoms with Gasteiger partial charge in [-0.15, -0.1) is 5.10 Å². The quantitative estimate of drug-likeness (QED) is 0.642. The van der Waals surface area contributed by atoms with E-state index in [2.05, 4.69) is 25.4 Å². The van der Waals surface area contributed by atoms with Crippen LogP contribution in [0.15, 0.2) is 23.0 Å². The van der Waals surface area contributed by atoms with E-state index in [-0.39, 0.29) is 17.6 Å². The van der Waals surface area contributed by atoms with Gasteiger partial charge in [-0.25, -0.2) is 4.68 Å². The highest BCUT2D eigenvalue weighted by atomic mass is 16.6. The summed E-state index contributed by atoms with van der Waals surface area (Å²) in [7, 11) is 0. The van der Waals surface area contributed by atoms with Gasteiger partial charge in [0.15, 0.2) is 17.3 Å². The molecule has 1 aromatic carbocycles. The van der Waals surface area contributed by atoms with E-state index in [1.807, 2.05) is 22.9 Å². The molecule has 1 N–H and O–H groups in total. The van der Waals surface area contributed by atoms with Crippen molar-refractivity contribution < 1.29 is 14.2 Å². The number of ether oxygens (including phenoxy) is 3. The van der Waals surface area contributed by atoms with Crippen LogP contribution in [0.4, 0.5) is 0 Å². The molecular formula is C23H28N6O4. The third kappa shape index (κ3) is 3.87. The lowest BCUT2D eigenvalue weighted by Crippen LogP contribution is -2.42. The number of morpholine rings is 1. The van der Waals surface area contributed by atoms with Crippen LogP contribution >= 0.6 is 0 Å². The molecule has 1 atom stereocenters. The Bertz CT molecular complexity index is 1200. The monoisotopic (exact) mass is 452 g/mol. The molecule has 10 heteroatoms. The maximum Gasteiger partial charge on any atom is 0.253 e. The molecule has 2 aromatic heterocycles. The Morgan fingerprint density at radius 1 is 0.970 bits per heavy atom. The molecule has 33 heavy (non-hydrogen) atoms. The molecule has 174 valence electrons. The molecule has 4 heterocycles. The van der Waals surface area contributed by atoms with Gasteiger partial charge in [-0.05, 0) is 35.4 Å². The Hall–Kier alpha value is -2.98. The van der Waals surface area contributed by atoms with Crippen molar-refractivity contribution in [1.29, 1.82) is 0 Å². The first-order valence-corrected chi connectivity index (χ1v) is 11.8. The number of rotatable bonds is 4. The molecule has 3 aromatic rings. The fourth-order valence-electron chi connectivity index (χ4n) is 5.26. The first kappa shape index (κ1) is 20.6. The number of tetrazole rings is 1. The first-order chi connectivity index (χ1) is 16.3. The third-order valence-corrected chi connectivity index (χ3v) is 6.92. The highest BCUT2D eigenvalue weighted by molar-refractivity contribution is 5.83. The molecule has 0 bridgehead atoms. The van der Waals surface area contributed by atoms with Gasteiger partial charge in [-0.2, -0.15) is 0 Å². The zero-order valence-corrected chi connectivity index (χ0v) is 18.5. The minimum Gasteiger partial charge on any atom is -0.486 e. The van der Waals surface area contributed by atoms with Crippen LogP contribution in [0, 0.1) is 0 Å². The van der Waals surface area contributed by atoms with Crippen molar-refractivity contribution in [2.75, 3.05) is 39.5 Å². The second-order valence-electron chi connectivity index (χ2n) is 8.96. The molecule has 10 nitrogen and oxygen atoms in total. The van der Waals surface area contributed by atoms with Crippen molar-refractivity contribution in [3.63, 3.8) is 0 Å². The molecular weight excluding hydrogens is 424 g/mol. The number of aromatic nitrogens is 5. The molecule has 0 spiro atoms. The molecule has 2 fully saturated rings. The van der Waals surface area contributed by atoms with Crippen LogP contribution in [0.1, 0.15) is 55.6 Å². The standard InChI is InChI=1S/C23H28N6O4/c30-23-17(12-15-13-19-20(14-18(15)24-23)33-11-10-32-19)21(28-6-8-31-9-7-28)22-25-26-27-29(22)16-4-2-1-3-5-16/h12-14,16,21H,1-11H2,(H,24,30)/t21-/m1/s1. The van der Waals surface area contributed by atoms with E-state index in [0.717, 1.165) is 29.6 Å². The lowest BCUT2D eigenvalue weighted by Gasteiger charge is -2.34. The largest absolute Gasteiger partial charge is 0.486 e. The molecule has 1 saturated carbocycles. The van der Waals surface area contributed by atoms with Crippen LogP contribution < -0.4 is 15.0 Å². The van der Waals surface area contributed by atoms with Crippen molar-refractivity contribution in [2.24, 2.45) is 0 Å². The number of benzene rings is 1. The molecule has 6 rings (SSSR count). The summed E-state index contributed by atoms with van der Waals surface area (Å²) in [6, 6.07) is 5.64. The average Bonchev–Trinajstić information content (AvgIpc) is 3.34. The fraction of sp³-hybridized carbons (Fsp3) is 0.565. The second-order valence-corrected chi connectivity index (χ2v) is 8.96. The fourth-order valence-corrected chi connectivity index (χ4v) is 5.26. The minimum atomic E-state index is -0.354. The zero-order valence-electron chi connectivity index (χ0n) is 18.5. The van der Waals surface area contributed by atoms with E-state index < -0.39 is 0 Å². The average molecular weight is 453 g/mol. The molecule has 1 saturated heterocycles. The Kier molecular flexibility index (Phi) is 5.47. The molecule has 2 aliphatic heterocycles. The Labute approximate surface area is 190 Å². The Balaban J connectivity index is 1.47. The van der Waals surface area contributed by atoms with E-state index in [4.69, 9.17) is 14.2 Å². The third-order valence-electron chi connectivity index (χ3n) is 6.92. The summed E-state index contributed by atoms with van der Waals surface area (Å²) in [6.45, 7) is 3.67. The summed E-state index contributed by atoms with van der Waals surface area (Å²) in [5.74, 6) is 2.08. The van der Waals surface area contributed by atoms with Gasteiger partial charge in [0.05, 0.1) is 24.8 Å². The molecule has 3 aliphatic rings. The normalized spacial score (nSPS) is 20.7. The van der Waals surface area contributed by atoms with Gasteiger partial charge in [-0.1, -0.05) is 19.3 Å². The van der Waals surface area contributed by atoms with Crippen molar-refractivity contribution >= 4 is 10.9 Å². The van der Waals surface area contributed by atoms with Gasteiger partial charge in [-0.3, -0.25) is 9.69 Å². The van der Waals surface area contributed by atoms with E-state index >= 15 is 0 Å². The zero-order chi connectivity index (χ0) is 22.2. The van der Waals surface area contributed by atoms with Crippen LogP contribution in [-0.2, 0) is 4.74 Å². The van der Waals surface area contributed by atoms with E-state index in [0.29, 0.717) is 56.6 Å². The number of hydrogen-bond acceptors (Lipinski definition) is 8. The summed E-state index contributed by atoms with van der Waals surface area (Å²) in [6.07, 6.45) is 5.73. The highest BCUT2D eigenvalue weighted by Gasteiger charge is 2.33. The lowest BCUT2D eigenvalue weighted by molar-refractivity contribution is 0.0209. The molecule has 0 amide bonds. The summed E-state index contributed by atoms with van der Waals surface area (Å²) in [4.78, 5) is 18.7. The van der Waals surface area contributed by atoms with Crippen molar-refractivity contribution in [2.45, 2.75) is 44.2 Å². The van der Waals surface area contributed by atoms with Crippen molar-refractivity contribution in [3.8, 4) is 11.5 Å². The summed E-state index contributed by atoms with van der Waals surface area (Å²) < 4.78 is 19.0. The lowest BCUT2D eigenvalue weighted by atomic mass is 9.95. The van der Waals surface area contributed by atoms with Gasteiger partial charge in [0.25, 0.3) is 5.56 Å². The first-order valence-electron chi connectivity index (χ1n) is 11.8. The minimum absolute atomic E-state index is 0.145. The molecule has 0 radical (unpaired) electrons. The molecule has 0 unspecified atom stereocenters. The van der Waals surface area contributed by atoms with Crippen molar-refractivity contribution in [3.05, 3.63) is 39.9 Å². The van der Waals surface area contributed by atoms with Crippen molar-refractivity contribution in [1.82, 2.24) is 30.1 Å². The Morgan fingerprint density at radius 2 is 1.73 bits per heavy atom. The van der Waals surface area contributed by atoms with E-state index in [1.54, 1.807) is 0 Å². The highest BCUT2D eigenvalue weighted by Crippen LogP contribution is 2.36. The number of aromatic amines is 1. The number of nitrogens with zero attached hydrogens (tertiary/aromatic N) is 5.